The number of H-pyrrole nitrogens is 1. The molecule has 0 aliphatic heterocycles. The van der Waals surface area contributed by atoms with Crippen LogP contribution in [0.25, 0.3) is 21.8 Å². The number of rotatable bonds is 3. The maximum atomic E-state index is 14.1. The predicted molar refractivity (Wildman–Crippen MR) is 102 cm³/mol. The number of carbonyl (C=O) groups is 1. The number of pyridine rings is 1. The van der Waals surface area contributed by atoms with Crippen LogP contribution >= 0.6 is 0 Å². The van der Waals surface area contributed by atoms with E-state index in [0.717, 1.165) is 27.5 Å². The summed E-state index contributed by atoms with van der Waals surface area (Å²) in [6.45, 7) is 0. The summed E-state index contributed by atoms with van der Waals surface area (Å²) < 4.78 is 33.0. The van der Waals surface area contributed by atoms with Crippen LogP contribution in [0.1, 0.15) is 33.7 Å². The SMILES string of the molecule is COc1c(F)cc(Cc2nc3c(c4c2[nH]c2ccccc24)C(=O)CC3)cc1F. The number of benzene rings is 2. The fourth-order valence-corrected chi connectivity index (χ4v) is 4.11. The van der Waals surface area contributed by atoms with Gasteiger partial charge in [0.15, 0.2) is 23.2 Å². The van der Waals surface area contributed by atoms with Gasteiger partial charge in [0.05, 0.1) is 24.0 Å². The van der Waals surface area contributed by atoms with Gasteiger partial charge in [-0.25, -0.2) is 8.78 Å². The van der Waals surface area contributed by atoms with Crippen LogP contribution in [0.5, 0.6) is 5.75 Å². The van der Waals surface area contributed by atoms with Gasteiger partial charge >= 0.3 is 0 Å². The minimum absolute atomic E-state index is 0.0883. The summed E-state index contributed by atoms with van der Waals surface area (Å²) >= 11 is 0. The molecular formula is C22H16F2N2O2. The van der Waals surface area contributed by atoms with Crippen molar-refractivity contribution >= 4 is 27.6 Å². The first-order valence-electron chi connectivity index (χ1n) is 9.04. The number of ether oxygens (including phenoxy) is 1. The Morgan fingerprint density at radius 3 is 2.64 bits per heavy atom. The zero-order chi connectivity index (χ0) is 19.4. The first-order chi connectivity index (χ1) is 13.6. The molecule has 2 aromatic heterocycles. The molecule has 6 heteroatoms. The number of Topliss-reactive ketones (excluding diaryl/α,β-unsaturated/α-hetero) is 1. The predicted octanol–water partition coefficient (Wildman–Crippen LogP) is 4.72. The van der Waals surface area contributed by atoms with Crippen LogP contribution in [0.3, 0.4) is 0 Å². The van der Waals surface area contributed by atoms with Gasteiger partial charge in [0.2, 0.25) is 0 Å². The molecule has 1 aliphatic carbocycles. The molecule has 0 unspecified atom stereocenters. The summed E-state index contributed by atoms with van der Waals surface area (Å²) in [5, 5.41) is 1.81. The Morgan fingerprint density at radius 1 is 1.14 bits per heavy atom. The highest BCUT2D eigenvalue weighted by Gasteiger charge is 2.27. The summed E-state index contributed by atoms with van der Waals surface area (Å²) in [6.07, 6.45) is 1.26. The molecule has 140 valence electrons. The lowest BCUT2D eigenvalue weighted by Crippen LogP contribution is -2.02. The Balaban J connectivity index is 1.74. The van der Waals surface area contributed by atoms with E-state index in [1.54, 1.807) is 0 Å². The topological polar surface area (TPSA) is 55.0 Å². The molecule has 0 saturated heterocycles. The van der Waals surface area contributed by atoms with E-state index in [1.807, 2.05) is 24.3 Å². The Kier molecular flexibility index (Phi) is 3.69. The number of aryl methyl sites for hydroxylation is 1. The van der Waals surface area contributed by atoms with Gasteiger partial charge in [0, 0.05) is 34.7 Å². The number of ketones is 1. The molecule has 28 heavy (non-hydrogen) atoms. The number of hydrogen-bond donors (Lipinski definition) is 1. The van der Waals surface area contributed by atoms with Crippen molar-refractivity contribution in [2.75, 3.05) is 7.11 Å². The second kappa shape index (κ2) is 6.12. The van der Waals surface area contributed by atoms with Crippen molar-refractivity contribution in [2.24, 2.45) is 0 Å². The van der Waals surface area contributed by atoms with Crippen LogP contribution in [-0.2, 0) is 12.8 Å². The van der Waals surface area contributed by atoms with Gasteiger partial charge in [0.1, 0.15) is 0 Å². The third-order valence-electron chi connectivity index (χ3n) is 5.30. The summed E-state index contributed by atoms with van der Waals surface area (Å²) in [4.78, 5) is 20.5. The molecule has 5 rings (SSSR count). The van der Waals surface area contributed by atoms with Gasteiger partial charge in [-0.1, -0.05) is 18.2 Å². The highest BCUT2D eigenvalue weighted by molar-refractivity contribution is 6.20. The number of nitrogens with one attached hydrogen (secondary N) is 1. The Bertz CT molecular complexity index is 1250. The van der Waals surface area contributed by atoms with E-state index in [1.165, 1.54) is 19.2 Å². The fourth-order valence-electron chi connectivity index (χ4n) is 4.11. The molecule has 1 aliphatic rings. The van der Waals surface area contributed by atoms with E-state index in [2.05, 4.69) is 4.98 Å². The molecule has 0 bridgehead atoms. The lowest BCUT2D eigenvalue weighted by molar-refractivity contribution is 0.0996. The zero-order valence-electron chi connectivity index (χ0n) is 15.1. The molecule has 0 atom stereocenters. The van der Waals surface area contributed by atoms with Gasteiger partial charge in [-0.15, -0.1) is 0 Å². The number of para-hydroxylation sites is 1. The summed E-state index contributed by atoms with van der Waals surface area (Å²) in [5.41, 5.74) is 4.19. The number of carbonyl (C=O) groups excluding carboxylic acids is 1. The first-order valence-corrected chi connectivity index (χ1v) is 9.04. The van der Waals surface area contributed by atoms with Crippen LogP contribution < -0.4 is 4.74 Å². The second-order valence-corrected chi connectivity index (χ2v) is 6.99. The van der Waals surface area contributed by atoms with Crippen LogP contribution in [0.15, 0.2) is 36.4 Å². The third-order valence-corrected chi connectivity index (χ3v) is 5.30. The van der Waals surface area contributed by atoms with Crippen molar-refractivity contribution in [3.63, 3.8) is 0 Å². The molecule has 2 aromatic carbocycles. The standard InChI is InChI=1S/C22H16F2N2O2/c1-28-22-13(23)8-11(9-14(22)24)10-17-21-19(12-4-2-3-5-15(12)26-21)20-16(25-17)6-7-18(20)27/h2-5,8-9,26H,6-7,10H2,1H3. The van der Waals surface area contributed by atoms with E-state index in [0.29, 0.717) is 29.7 Å². The van der Waals surface area contributed by atoms with Gasteiger partial charge in [-0.3, -0.25) is 9.78 Å². The van der Waals surface area contributed by atoms with Crippen molar-refractivity contribution in [1.82, 2.24) is 9.97 Å². The number of methoxy groups -OCH3 is 1. The van der Waals surface area contributed by atoms with Crippen molar-refractivity contribution in [1.29, 1.82) is 0 Å². The summed E-state index contributed by atoms with van der Waals surface area (Å²) in [5.74, 6) is -1.80. The van der Waals surface area contributed by atoms with Crippen molar-refractivity contribution in [3.05, 3.63) is 70.5 Å². The van der Waals surface area contributed by atoms with Gasteiger partial charge in [-0.05, 0) is 30.2 Å². The Labute approximate surface area is 159 Å². The normalized spacial score (nSPS) is 13.5. The molecule has 0 radical (unpaired) electrons. The molecule has 1 N–H and O–H groups in total. The molecule has 0 spiro atoms. The number of nitrogens with zero attached hydrogens (tertiary/aromatic N) is 1. The van der Waals surface area contributed by atoms with E-state index in [4.69, 9.17) is 9.72 Å². The van der Waals surface area contributed by atoms with Gasteiger partial charge < -0.3 is 9.72 Å². The number of fused-ring (bicyclic) bond motifs is 5. The van der Waals surface area contributed by atoms with E-state index in [-0.39, 0.29) is 12.2 Å². The smallest absolute Gasteiger partial charge is 0.190 e. The number of aromatic amines is 1. The van der Waals surface area contributed by atoms with Gasteiger partial charge in [0.25, 0.3) is 0 Å². The van der Waals surface area contributed by atoms with Crippen LogP contribution in [0.4, 0.5) is 8.78 Å². The maximum absolute atomic E-state index is 14.1. The summed E-state index contributed by atoms with van der Waals surface area (Å²) in [6, 6.07) is 10.3. The molecular weight excluding hydrogens is 362 g/mol. The van der Waals surface area contributed by atoms with Crippen molar-refractivity contribution in [2.45, 2.75) is 19.3 Å². The van der Waals surface area contributed by atoms with E-state index >= 15 is 0 Å². The average molecular weight is 378 g/mol. The third kappa shape index (κ3) is 2.41. The molecule has 4 nitrogen and oxygen atoms in total. The quantitative estimate of drug-likeness (QED) is 0.561. The zero-order valence-corrected chi connectivity index (χ0v) is 15.1. The number of aromatic nitrogens is 2. The molecule has 0 saturated carbocycles. The van der Waals surface area contributed by atoms with Crippen LogP contribution in [-0.4, -0.2) is 22.9 Å². The molecule has 0 amide bonds. The van der Waals surface area contributed by atoms with E-state index in [9.17, 15) is 13.6 Å². The lowest BCUT2D eigenvalue weighted by Gasteiger charge is -2.10. The Hall–Kier alpha value is -3.28. The van der Waals surface area contributed by atoms with E-state index < -0.39 is 17.4 Å². The van der Waals surface area contributed by atoms with Crippen LogP contribution in [0.2, 0.25) is 0 Å². The first kappa shape index (κ1) is 16.9. The van der Waals surface area contributed by atoms with Crippen molar-refractivity contribution < 1.29 is 18.3 Å². The molecule has 0 fully saturated rings. The highest BCUT2D eigenvalue weighted by atomic mass is 19.1. The largest absolute Gasteiger partial charge is 0.491 e. The minimum atomic E-state index is -0.748. The minimum Gasteiger partial charge on any atom is -0.491 e. The molecule has 2 heterocycles. The fraction of sp³-hybridized carbons (Fsp3) is 0.182. The second-order valence-electron chi connectivity index (χ2n) is 6.99. The monoisotopic (exact) mass is 378 g/mol. The van der Waals surface area contributed by atoms with Crippen LogP contribution in [0, 0.1) is 11.6 Å². The molecule has 4 aromatic rings. The summed E-state index contributed by atoms with van der Waals surface area (Å²) in [7, 11) is 1.23. The number of halogens is 2. The van der Waals surface area contributed by atoms with Crippen molar-refractivity contribution in [3.8, 4) is 5.75 Å². The maximum Gasteiger partial charge on any atom is 0.190 e. The number of hydrogen-bond acceptors (Lipinski definition) is 3. The Morgan fingerprint density at radius 2 is 1.89 bits per heavy atom. The van der Waals surface area contributed by atoms with Gasteiger partial charge in [-0.2, -0.15) is 0 Å². The average Bonchev–Trinajstić information content (AvgIpc) is 3.22. The highest BCUT2D eigenvalue weighted by Crippen LogP contribution is 2.36. The lowest BCUT2D eigenvalue weighted by atomic mass is 10.0.